The van der Waals surface area contributed by atoms with Crippen molar-refractivity contribution in [3.63, 3.8) is 0 Å². The molecule has 3 atom stereocenters. The van der Waals surface area contributed by atoms with Crippen LogP contribution in [0.3, 0.4) is 0 Å². The summed E-state index contributed by atoms with van der Waals surface area (Å²) in [6, 6.07) is -0.0137. The number of aryl methyl sites for hydroxylation is 1. The van der Waals surface area contributed by atoms with Crippen molar-refractivity contribution >= 4 is 0 Å². The molecule has 0 amide bonds. The largest absolute Gasteiger partial charge is 0.334 e. The zero-order valence-electron chi connectivity index (χ0n) is 12.8. The molecule has 0 saturated heterocycles. The third-order valence-corrected chi connectivity index (χ3v) is 4.84. The summed E-state index contributed by atoms with van der Waals surface area (Å²) in [5, 5.41) is 0. The Bertz CT molecular complexity index is 412. The molecule has 4 heteroatoms. The molecule has 4 nitrogen and oxygen atoms in total. The average Bonchev–Trinajstić information content (AvgIpc) is 2.85. The molecule has 2 rings (SSSR count). The van der Waals surface area contributed by atoms with Crippen molar-refractivity contribution in [3.8, 4) is 0 Å². The van der Waals surface area contributed by atoms with E-state index in [2.05, 4.69) is 42.4 Å². The summed E-state index contributed by atoms with van der Waals surface area (Å²) in [6.45, 7) is 5.42. The minimum absolute atomic E-state index is 0.0137. The van der Waals surface area contributed by atoms with Gasteiger partial charge in [-0.3, -0.25) is 0 Å². The van der Waals surface area contributed by atoms with Crippen LogP contribution in [0.25, 0.3) is 0 Å². The first kappa shape index (κ1) is 14.5. The summed E-state index contributed by atoms with van der Waals surface area (Å²) in [6.07, 6.45) is 8.82. The van der Waals surface area contributed by atoms with Gasteiger partial charge >= 0.3 is 0 Å². The Morgan fingerprint density at radius 1 is 1.58 bits per heavy atom. The van der Waals surface area contributed by atoms with Gasteiger partial charge in [-0.15, -0.1) is 0 Å². The van der Waals surface area contributed by atoms with Crippen molar-refractivity contribution in [3.05, 3.63) is 18.2 Å². The van der Waals surface area contributed by atoms with E-state index < -0.39 is 0 Å². The molecule has 1 aliphatic carbocycles. The highest BCUT2D eigenvalue weighted by atomic mass is 15.2. The van der Waals surface area contributed by atoms with Gasteiger partial charge in [0, 0.05) is 24.5 Å². The highest BCUT2D eigenvalue weighted by Crippen LogP contribution is 2.42. The molecule has 0 aromatic carbocycles. The number of likely N-dealkylation sites (N-methyl/N-ethyl adjacent to an activating group) is 1. The molecule has 0 radical (unpaired) electrons. The number of hydrogen-bond acceptors (Lipinski definition) is 3. The van der Waals surface area contributed by atoms with Crippen molar-refractivity contribution in [1.82, 2.24) is 14.5 Å². The molecule has 3 unspecified atom stereocenters. The topological polar surface area (TPSA) is 47.1 Å². The summed E-state index contributed by atoms with van der Waals surface area (Å²) >= 11 is 0. The van der Waals surface area contributed by atoms with Gasteiger partial charge in [-0.25, -0.2) is 4.98 Å². The summed E-state index contributed by atoms with van der Waals surface area (Å²) in [4.78, 5) is 6.86. The van der Waals surface area contributed by atoms with Crippen LogP contribution in [0.4, 0.5) is 0 Å². The molecule has 1 aromatic rings. The van der Waals surface area contributed by atoms with Crippen LogP contribution in [-0.2, 0) is 6.54 Å². The zero-order valence-corrected chi connectivity index (χ0v) is 12.8. The van der Waals surface area contributed by atoms with E-state index in [9.17, 15) is 0 Å². The first-order chi connectivity index (χ1) is 9.01. The van der Waals surface area contributed by atoms with Crippen molar-refractivity contribution in [1.29, 1.82) is 0 Å². The van der Waals surface area contributed by atoms with Gasteiger partial charge < -0.3 is 15.2 Å². The molecular formula is C15H28N4. The van der Waals surface area contributed by atoms with E-state index in [0.717, 1.165) is 24.7 Å². The summed E-state index contributed by atoms with van der Waals surface area (Å²) < 4.78 is 2.18. The van der Waals surface area contributed by atoms with Gasteiger partial charge in [-0.1, -0.05) is 19.8 Å². The van der Waals surface area contributed by atoms with E-state index in [0.29, 0.717) is 0 Å². The first-order valence-electron chi connectivity index (χ1n) is 7.45. The normalized spacial score (nSPS) is 29.7. The summed E-state index contributed by atoms with van der Waals surface area (Å²) in [7, 11) is 4.33. The zero-order chi connectivity index (χ0) is 14.0. The second-order valence-corrected chi connectivity index (χ2v) is 6.25. The molecule has 1 saturated carbocycles. The van der Waals surface area contributed by atoms with E-state index in [1.807, 2.05) is 12.4 Å². The van der Waals surface area contributed by atoms with Crippen LogP contribution >= 0.6 is 0 Å². The lowest BCUT2D eigenvalue weighted by Crippen LogP contribution is -2.55. The lowest BCUT2D eigenvalue weighted by molar-refractivity contribution is 0.0462. The Kier molecular flexibility index (Phi) is 4.31. The maximum absolute atomic E-state index is 6.66. The molecule has 108 valence electrons. The molecule has 1 heterocycles. The second kappa shape index (κ2) is 5.63. The van der Waals surface area contributed by atoms with Crippen LogP contribution in [0.2, 0.25) is 0 Å². The third kappa shape index (κ3) is 2.56. The fourth-order valence-electron chi connectivity index (χ4n) is 3.64. The summed E-state index contributed by atoms with van der Waals surface area (Å²) in [5.74, 6) is 1.78. The highest BCUT2D eigenvalue weighted by Gasteiger charge is 2.44. The lowest BCUT2D eigenvalue weighted by Gasteiger charge is -2.48. The molecular weight excluding hydrogens is 236 g/mol. The molecule has 19 heavy (non-hydrogen) atoms. The van der Waals surface area contributed by atoms with Crippen molar-refractivity contribution in [2.45, 2.75) is 57.7 Å². The smallest absolute Gasteiger partial charge is 0.127 e. The molecule has 0 bridgehead atoms. The SMILES string of the molecule is CCn1ccnc1C(N)C1(N(C)C)CCCC(C)C1. The predicted octanol–water partition coefficient (Wildman–Crippen LogP) is 2.41. The van der Waals surface area contributed by atoms with Gasteiger partial charge in [0.2, 0.25) is 0 Å². The number of nitrogens with two attached hydrogens (primary N) is 1. The minimum Gasteiger partial charge on any atom is -0.334 e. The van der Waals surface area contributed by atoms with Crippen LogP contribution in [0.5, 0.6) is 0 Å². The van der Waals surface area contributed by atoms with E-state index in [4.69, 9.17) is 5.73 Å². The fourth-order valence-corrected chi connectivity index (χ4v) is 3.64. The van der Waals surface area contributed by atoms with Gasteiger partial charge in [0.15, 0.2) is 0 Å². The van der Waals surface area contributed by atoms with Gasteiger partial charge in [0.1, 0.15) is 5.82 Å². The molecule has 2 N–H and O–H groups in total. The van der Waals surface area contributed by atoms with Crippen LogP contribution in [-0.4, -0.2) is 34.1 Å². The number of rotatable bonds is 4. The van der Waals surface area contributed by atoms with Crippen LogP contribution in [0, 0.1) is 5.92 Å². The van der Waals surface area contributed by atoms with Crippen LogP contribution in [0.15, 0.2) is 12.4 Å². The Labute approximate surface area is 117 Å². The molecule has 0 aliphatic heterocycles. The third-order valence-electron chi connectivity index (χ3n) is 4.84. The maximum Gasteiger partial charge on any atom is 0.127 e. The quantitative estimate of drug-likeness (QED) is 0.908. The number of nitrogens with zero attached hydrogens (tertiary/aromatic N) is 3. The predicted molar refractivity (Wildman–Crippen MR) is 78.9 cm³/mol. The maximum atomic E-state index is 6.66. The van der Waals surface area contributed by atoms with E-state index >= 15 is 0 Å². The summed E-state index contributed by atoms with van der Waals surface area (Å²) in [5.41, 5.74) is 6.72. The molecule has 1 aromatic heterocycles. The standard InChI is InChI=1S/C15H28N4/c1-5-19-10-9-17-14(19)13(16)15(18(3)4)8-6-7-12(2)11-15/h9-10,12-13H,5-8,11,16H2,1-4H3. The number of imidazole rings is 1. The molecule has 1 aliphatic rings. The molecule has 0 spiro atoms. The highest BCUT2D eigenvalue weighted by molar-refractivity contribution is 5.11. The minimum atomic E-state index is -0.0137. The van der Waals surface area contributed by atoms with E-state index in [1.165, 1.54) is 19.3 Å². The van der Waals surface area contributed by atoms with Crippen LogP contribution < -0.4 is 5.73 Å². The van der Waals surface area contributed by atoms with E-state index in [1.54, 1.807) is 0 Å². The Morgan fingerprint density at radius 2 is 2.32 bits per heavy atom. The second-order valence-electron chi connectivity index (χ2n) is 6.25. The fraction of sp³-hybridized carbons (Fsp3) is 0.800. The molecule has 1 fully saturated rings. The Morgan fingerprint density at radius 3 is 2.89 bits per heavy atom. The van der Waals surface area contributed by atoms with Gasteiger partial charge in [-0.2, -0.15) is 0 Å². The van der Waals surface area contributed by atoms with E-state index in [-0.39, 0.29) is 11.6 Å². The lowest BCUT2D eigenvalue weighted by atomic mass is 9.71. The van der Waals surface area contributed by atoms with Gasteiger partial charge in [0.25, 0.3) is 0 Å². The first-order valence-corrected chi connectivity index (χ1v) is 7.45. The average molecular weight is 264 g/mol. The number of hydrogen-bond donors (Lipinski definition) is 1. The Balaban J connectivity index is 2.33. The van der Waals surface area contributed by atoms with Gasteiger partial charge in [0.05, 0.1) is 6.04 Å². The van der Waals surface area contributed by atoms with Crippen molar-refractivity contribution < 1.29 is 0 Å². The number of aromatic nitrogens is 2. The van der Waals surface area contributed by atoms with Crippen LogP contribution in [0.1, 0.15) is 51.4 Å². The van der Waals surface area contributed by atoms with Crippen molar-refractivity contribution in [2.75, 3.05) is 14.1 Å². The Hall–Kier alpha value is -0.870. The monoisotopic (exact) mass is 264 g/mol. The van der Waals surface area contributed by atoms with Gasteiger partial charge in [-0.05, 0) is 39.8 Å². The van der Waals surface area contributed by atoms with Crippen molar-refractivity contribution in [2.24, 2.45) is 11.7 Å².